The van der Waals surface area contributed by atoms with Gasteiger partial charge in [0.05, 0.1) is 12.2 Å². The normalized spacial score (nSPS) is 10.8. The molecule has 2 aromatic carbocycles. The Balaban J connectivity index is 2.00. The molecule has 0 atom stereocenters. The number of amides is 2. The van der Waals surface area contributed by atoms with E-state index in [2.05, 4.69) is 22.9 Å². The van der Waals surface area contributed by atoms with Crippen LogP contribution in [0.5, 0.6) is 5.75 Å². The molecule has 0 heterocycles. The van der Waals surface area contributed by atoms with E-state index in [1.165, 1.54) is 0 Å². The third-order valence-corrected chi connectivity index (χ3v) is 4.44. The van der Waals surface area contributed by atoms with Crippen molar-refractivity contribution in [1.29, 1.82) is 0 Å². The van der Waals surface area contributed by atoms with Gasteiger partial charge in [-0.25, -0.2) is 0 Å². The largest absolute Gasteiger partial charge is 0.493 e. The first kappa shape index (κ1) is 24.3. The number of unbranched alkanes of at least 4 members (excludes halogenated alkanes) is 2. The lowest BCUT2D eigenvalue weighted by Crippen LogP contribution is -2.40. The summed E-state index contributed by atoms with van der Waals surface area (Å²) in [4.78, 5) is 25.1. The van der Waals surface area contributed by atoms with Crippen LogP contribution in [0.4, 0.5) is 5.69 Å². The minimum Gasteiger partial charge on any atom is -0.493 e. The molecule has 0 radical (unpaired) electrons. The van der Waals surface area contributed by atoms with Crippen LogP contribution in [-0.2, 0) is 0 Å². The Morgan fingerprint density at radius 3 is 2.45 bits per heavy atom. The van der Waals surface area contributed by atoms with Gasteiger partial charge in [0.25, 0.3) is 11.8 Å². The van der Waals surface area contributed by atoms with Gasteiger partial charge >= 0.3 is 0 Å². The Hall–Kier alpha value is -2.93. The predicted molar refractivity (Wildman–Crippen MR) is 129 cm³/mol. The standard InChI is InChI=1S/C24H31N3O3S/c1-5-6-9-15-30-20-14-8-7-13-19(20)22(29)26-23(31)25-18-12-10-11-17(16-18)21(28)27-24(2,3)4/h7-8,10-14,16H,5-6,9,15H2,1-4H3,(H,27,28)(H2,25,26,29,31). The summed E-state index contributed by atoms with van der Waals surface area (Å²) in [6, 6.07) is 14.0. The summed E-state index contributed by atoms with van der Waals surface area (Å²) in [5.41, 5.74) is 1.19. The Morgan fingerprint density at radius 1 is 1.00 bits per heavy atom. The van der Waals surface area contributed by atoms with Crippen molar-refractivity contribution >= 4 is 34.8 Å². The van der Waals surface area contributed by atoms with E-state index < -0.39 is 0 Å². The number of hydrogen-bond acceptors (Lipinski definition) is 4. The number of thiocarbonyl (C=S) groups is 1. The van der Waals surface area contributed by atoms with E-state index >= 15 is 0 Å². The summed E-state index contributed by atoms with van der Waals surface area (Å²) in [5.74, 6) is -0.00905. The van der Waals surface area contributed by atoms with Gasteiger partial charge in [-0.05, 0) is 69.7 Å². The molecule has 3 N–H and O–H groups in total. The number of para-hydroxylation sites is 1. The summed E-state index contributed by atoms with van der Waals surface area (Å²) < 4.78 is 5.77. The quantitative estimate of drug-likeness (QED) is 0.401. The first-order valence-electron chi connectivity index (χ1n) is 10.5. The third-order valence-electron chi connectivity index (χ3n) is 4.24. The highest BCUT2D eigenvalue weighted by Crippen LogP contribution is 2.19. The zero-order chi connectivity index (χ0) is 22.9. The average Bonchev–Trinajstić information content (AvgIpc) is 2.70. The smallest absolute Gasteiger partial charge is 0.261 e. The van der Waals surface area contributed by atoms with Crippen LogP contribution in [0.15, 0.2) is 48.5 Å². The fourth-order valence-corrected chi connectivity index (χ4v) is 3.01. The van der Waals surface area contributed by atoms with Crippen molar-refractivity contribution < 1.29 is 14.3 Å². The Kier molecular flexibility index (Phi) is 9.00. The molecule has 0 fully saturated rings. The van der Waals surface area contributed by atoms with Crippen LogP contribution in [0, 0.1) is 0 Å². The van der Waals surface area contributed by atoms with E-state index in [-0.39, 0.29) is 22.5 Å². The van der Waals surface area contributed by atoms with Crippen LogP contribution >= 0.6 is 12.2 Å². The summed E-state index contributed by atoms with van der Waals surface area (Å²) in [7, 11) is 0. The molecule has 2 aromatic rings. The SMILES string of the molecule is CCCCCOc1ccccc1C(=O)NC(=S)Nc1cccc(C(=O)NC(C)(C)C)c1. The lowest BCUT2D eigenvalue weighted by atomic mass is 10.1. The highest BCUT2D eigenvalue weighted by molar-refractivity contribution is 7.80. The summed E-state index contributed by atoms with van der Waals surface area (Å²) in [5, 5.41) is 8.69. The van der Waals surface area contributed by atoms with E-state index in [1.807, 2.05) is 26.8 Å². The highest BCUT2D eigenvalue weighted by atomic mass is 32.1. The zero-order valence-corrected chi connectivity index (χ0v) is 19.4. The average molecular weight is 442 g/mol. The minimum absolute atomic E-state index is 0.138. The molecule has 0 bridgehead atoms. The van der Waals surface area contributed by atoms with Crippen LogP contribution in [0.25, 0.3) is 0 Å². The van der Waals surface area contributed by atoms with Gasteiger partial charge in [0, 0.05) is 16.8 Å². The fraction of sp³-hybridized carbons (Fsp3) is 0.375. The van der Waals surface area contributed by atoms with Gasteiger partial charge < -0.3 is 15.4 Å². The summed E-state index contributed by atoms with van der Waals surface area (Å²) >= 11 is 5.29. The molecule has 6 nitrogen and oxygen atoms in total. The Bertz CT molecular complexity index is 922. The first-order valence-corrected chi connectivity index (χ1v) is 10.9. The number of carbonyl (C=O) groups is 2. The molecule has 2 rings (SSSR count). The van der Waals surface area contributed by atoms with Crippen molar-refractivity contribution in [2.45, 2.75) is 52.5 Å². The lowest BCUT2D eigenvalue weighted by Gasteiger charge is -2.20. The van der Waals surface area contributed by atoms with E-state index in [1.54, 1.807) is 42.5 Å². The molecule has 0 aliphatic heterocycles. The van der Waals surface area contributed by atoms with Crippen molar-refractivity contribution in [3.8, 4) is 5.75 Å². The fourth-order valence-electron chi connectivity index (χ4n) is 2.80. The number of carbonyl (C=O) groups excluding carboxylic acids is 2. The number of hydrogen-bond donors (Lipinski definition) is 3. The van der Waals surface area contributed by atoms with E-state index in [9.17, 15) is 9.59 Å². The van der Waals surface area contributed by atoms with Crippen molar-refractivity contribution in [2.75, 3.05) is 11.9 Å². The molecule has 0 saturated carbocycles. The zero-order valence-electron chi connectivity index (χ0n) is 18.6. The second-order valence-corrected chi connectivity index (χ2v) is 8.65. The van der Waals surface area contributed by atoms with Gasteiger partial charge in [-0.3, -0.25) is 14.9 Å². The van der Waals surface area contributed by atoms with Crippen molar-refractivity contribution in [3.05, 3.63) is 59.7 Å². The van der Waals surface area contributed by atoms with Gasteiger partial charge in [0.2, 0.25) is 0 Å². The van der Waals surface area contributed by atoms with Gasteiger partial charge in [0.1, 0.15) is 5.75 Å². The molecule has 166 valence electrons. The van der Waals surface area contributed by atoms with Gasteiger partial charge in [0.15, 0.2) is 5.11 Å². The molecule has 7 heteroatoms. The number of benzene rings is 2. The van der Waals surface area contributed by atoms with E-state index in [0.717, 1.165) is 19.3 Å². The molecule has 0 unspecified atom stereocenters. The summed E-state index contributed by atoms with van der Waals surface area (Å²) in [6.07, 6.45) is 3.12. The van der Waals surface area contributed by atoms with Crippen molar-refractivity contribution in [2.24, 2.45) is 0 Å². The van der Waals surface area contributed by atoms with E-state index in [0.29, 0.717) is 29.2 Å². The highest BCUT2D eigenvalue weighted by Gasteiger charge is 2.16. The van der Waals surface area contributed by atoms with Gasteiger partial charge in [-0.15, -0.1) is 0 Å². The minimum atomic E-state index is -0.356. The molecule has 2 amide bonds. The Labute approximate surface area is 189 Å². The number of anilines is 1. The molecular weight excluding hydrogens is 410 g/mol. The second kappa shape index (κ2) is 11.5. The molecule has 0 aliphatic rings. The monoisotopic (exact) mass is 441 g/mol. The molecule has 0 spiro atoms. The summed E-state index contributed by atoms with van der Waals surface area (Å²) in [6.45, 7) is 8.45. The maximum Gasteiger partial charge on any atom is 0.261 e. The van der Waals surface area contributed by atoms with Crippen LogP contribution < -0.4 is 20.7 Å². The topological polar surface area (TPSA) is 79.5 Å². The van der Waals surface area contributed by atoms with Gasteiger partial charge in [-0.2, -0.15) is 0 Å². The molecule has 0 saturated heterocycles. The molecule has 0 aromatic heterocycles. The predicted octanol–water partition coefficient (Wildman–Crippen LogP) is 4.91. The van der Waals surface area contributed by atoms with Crippen LogP contribution in [-0.4, -0.2) is 29.1 Å². The molecular formula is C24H31N3O3S. The van der Waals surface area contributed by atoms with Crippen LogP contribution in [0.3, 0.4) is 0 Å². The number of rotatable bonds is 8. The van der Waals surface area contributed by atoms with E-state index in [4.69, 9.17) is 17.0 Å². The second-order valence-electron chi connectivity index (χ2n) is 8.24. The molecule has 31 heavy (non-hydrogen) atoms. The first-order chi connectivity index (χ1) is 14.7. The lowest BCUT2D eigenvalue weighted by molar-refractivity contribution is 0.0918. The third kappa shape index (κ3) is 8.38. The molecule has 0 aliphatic carbocycles. The Morgan fingerprint density at radius 2 is 1.74 bits per heavy atom. The van der Waals surface area contributed by atoms with Crippen LogP contribution in [0.2, 0.25) is 0 Å². The number of nitrogens with one attached hydrogen (secondary N) is 3. The maximum atomic E-state index is 12.7. The maximum absolute atomic E-state index is 12.7. The van der Waals surface area contributed by atoms with Crippen molar-refractivity contribution in [3.63, 3.8) is 0 Å². The van der Waals surface area contributed by atoms with Crippen molar-refractivity contribution in [1.82, 2.24) is 10.6 Å². The van der Waals surface area contributed by atoms with Crippen LogP contribution in [0.1, 0.15) is 67.7 Å². The van der Waals surface area contributed by atoms with Gasteiger partial charge in [-0.1, -0.05) is 38.0 Å². The number of ether oxygens (including phenoxy) is 1.